The van der Waals surface area contributed by atoms with Gasteiger partial charge in [-0.3, -0.25) is 14.9 Å². The second-order valence-corrected chi connectivity index (χ2v) is 5.42. The molecule has 0 aliphatic carbocycles. The van der Waals surface area contributed by atoms with Gasteiger partial charge in [0.05, 0.1) is 11.0 Å². The molecule has 19 heavy (non-hydrogen) atoms. The van der Waals surface area contributed by atoms with E-state index in [1.165, 1.54) is 17.0 Å². The lowest BCUT2D eigenvalue weighted by Gasteiger charge is -2.30. The zero-order valence-electron chi connectivity index (χ0n) is 10.1. The van der Waals surface area contributed by atoms with Crippen molar-refractivity contribution in [2.24, 2.45) is 0 Å². The number of nitrogens with zero attached hydrogens (tertiary/aromatic N) is 2. The molecule has 2 rings (SSSR count). The van der Waals surface area contributed by atoms with Gasteiger partial charge >= 0.3 is 0 Å². The molecule has 0 radical (unpaired) electrons. The second-order valence-electron chi connectivity index (χ2n) is 4.50. The van der Waals surface area contributed by atoms with Crippen LogP contribution in [0.5, 0.6) is 0 Å². The number of amides is 1. The van der Waals surface area contributed by atoms with E-state index in [0.29, 0.717) is 17.4 Å². The number of halogens is 1. The van der Waals surface area contributed by atoms with Gasteiger partial charge in [-0.15, -0.1) is 0 Å². The zero-order valence-corrected chi connectivity index (χ0v) is 11.7. The van der Waals surface area contributed by atoms with E-state index in [9.17, 15) is 20.0 Å². The molecule has 1 aliphatic heterocycles. The lowest BCUT2D eigenvalue weighted by atomic mass is 10.1. The Morgan fingerprint density at radius 1 is 1.47 bits per heavy atom. The minimum atomic E-state index is -0.535. The van der Waals surface area contributed by atoms with E-state index >= 15 is 0 Å². The molecule has 0 aromatic heterocycles. The van der Waals surface area contributed by atoms with Crippen LogP contribution in [0.4, 0.5) is 5.69 Å². The summed E-state index contributed by atoms with van der Waals surface area (Å²) in [6.07, 6.45) is 0.908. The fourth-order valence-corrected chi connectivity index (χ4v) is 2.61. The third kappa shape index (κ3) is 3.30. The number of carbonyl (C=O) groups is 1. The molecule has 1 aromatic rings. The fourth-order valence-electron chi connectivity index (χ4n) is 2.12. The van der Waals surface area contributed by atoms with Crippen molar-refractivity contribution in [3.8, 4) is 0 Å². The Bertz CT molecular complexity index is 520. The largest absolute Gasteiger partial charge is 0.391 e. The maximum absolute atomic E-state index is 12.2. The molecule has 0 spiro atoms. The number of likely N-dealkylation sites (tertiary alicyclic amines) is 1. The number of hydrogen-bond donors (Lipinski definition) is 1. The van der Waals surface area contributed by atoms with Crippen LogP contribution in [-0.2, 0) is 0 Å². The number of rotatable bonds is 2. The Kier molecular flexibility index (Phi) is 4.16. The van der Waals surface area contributed by atoms with Crippen molar-refractivity contribution in [2.45, 2.75) is 18.9 Å². The molecule has 1 saturated heterocycles. The molecule has 1 aromatic carbocycles. The predicted octanol–water partition coefficient (Wildman–Crippen LogP) is 1.95. The molecule has 1 heterocycles. The van der Waals surface area contributed by atoms with E-state index in [2.05, 4.69) is 15.9 Å². The van der Waals surface area contributed by atoms with Crippen molar-refractivity contribution in [2.75, 3.05) is 13.1 Å². The molecule has 102 valence electrons. The number of aliphatic hydroxyl groups excluding tert-OH is 1. The van der Waals surface area contributed by atoms with Gasteiger partial charge in [-0.25, -0.2) is 0 Å². The molecule has 1 unspecified atom stereocenters. The van der Waals surface area contributed by atoms with Gasteiger partial charge < -0.3 is 10.0 Å². The summed E-state index contributed by atoms with van der Waals surface area (Å²) in [5.41, 5.74) is 0.130. The van der Waals surface area contributed by atoms with E-state index in [1.807, 2.05) is 0 Å². The summed E-state index contributed by atoms with van der Waals surface area (Å²) in [7, 11) is 0. The van der Waals surface area contributed by atoms with Gasteiger partial charge in [-0.05, 0) is 18.9 Å². The lowest BCUT2D eigenvalue weighted by Crippen LogP contribution is -2.42. The zero-order chi connectivity index (χ0) is 14.0. The van der Waals surface area contributed by atoms with Crippen LogP contribution in [-0.4, -0.2) is 40.0 Å². The maximum Gasteiger partial charge on any atom is 0.271 e. The second kappa shape index (κ2) is 5.66. The topological polar surface area (TPSA) is 83.7 Å². The van der Waals surface area contributed by atoms with E-state index < -0.39 is 11.0 Å². The first-order chi connectivity index (χ1) is 8.97. The highest BCUT2D eigenvalue weighted by Crippen LogP contribution is 2.23. The molecule has 0 saturated carbocycles. The van der Waals surface area contributed by atoms with Gasteiger partial charge in [-0.2, -0.15) is 0 Å². The van der Waals surface area contributed by atoms with Crippen LogP contribution >= 0.6 is 15.9 Å². The van der Waals surface area contributed by atoms with Crippen LogP contribution in [0.2, 0.25) is 0 Å². The standard InChI is InChI=1S/C12H13BrN2O4/c13-9-4-8(5-10(6-9)15(18)19)12(17)14-3-1-2-11(16)7-14/h4-6,11,16H,1-3,7H2. The summed E-state index contributed by atoms with van der Waals surface area (Å²) in [6.45, 7) is 0.843. The Labute approximate surface area is 118 Å². The smallest absolute Gasteiger partial charge is 0.271 e. The number of β-amino-alcohol motifs (C(OH)–C–C–N with tert-alkyl or cyclic N) is 1. The first-order valence-corrected chi connectivity index (χ1v) is 6.69. The highest BCUT2D eigenvalue weighted by molar-refractivity contribution is 9.10. The molecular formula is C12H13BrN2O4. The first-order valence-electron chi connectivity index (χ1n) is 5.89. The Balaban J connectivity index is 2.25. The van der Waals surface area contributed by atoms with Crippen molar-refractivity contribution >= 4 is 27.5 Å². The minimum Gasteiger partial charge on any atom is -0.391 e. The Morgan fingerprint density at radius 2 is 2.21 bits per heavy atom. The summed E-state index contributed by atoms with van der Waals surface area (Å²) in [5.74, 6) is -0.289. The normalized spacial score (nSPS) is 19.3. The molecule has 1 amide bonds. The molecule has 6 nitrogen and oxygen atoms in total. The van der Waals surface area contributed by atoms with E-state index in [1.54, 1.807) is 6.07 Å². The van der Waals surface area contributed by atoms with Gasteiger partial charge in [0.15, 0.2) is 0 Å². The summed E-state index contributed by atoms with van der Waals surface area (Å²) in [6, 6.07) is 4.16. The average Bonchev–Trinajstić information content (AvgIpc) is 2.37. The number of aliphatic hydroxyl groups is 1. The molecule has 1 atom stereocenters. The maximum atomic E-state index is 12.2. The molecule has 7 heteroatoms. The summed E-state index contributed by atoms with van der Waals surface area (Å²) < 4.78 is 0.489. The van der Waals surface area contributed by atoms with Crippen molar-refractivity contribution in [1.29, 1.82) is 0 Å². The van der Waals surface area contributed by atoms with Crippen molar-refractivity contribution in [3.05, 3.63) is 38.3 Å². The molecular weight excluding hydrogens is 316 g/mol. The Morgan fingerprint density at radius 3 is 2.84 bits per heavy atom. The average molecular weight is 329 g/mol. The van der Waals surface area contributed by atoms with Gasteiger partial charge in [0.1, 0.15) is 0 Å². The van der Waals surface area contributed by atoms with Crippen LogP contribution in [0.3, 0.4) is 0 Å². The van der Waals surface area contributed by atoms with Crippen LogP contribution in [0.25, 0.3) is 0 Å². The third-order valence-corrected chi connectivity index (χ3v) is 3.48. The number of nitro groups is 1. The molecule has 1 N–H and O–H groups in total. The van der Waals surface area contributed by atoms with Gasteiger partial charge in [0, 0.05) is 35.3 Å². The van der Waals surface area contributed by atoms with Crippen LogP contribution < -0.4 is 0 Å². The van der Waals surface area contributed by atoms with Gasteiger partial charge in [-0.1, -0.05) is 15.9 Å². The Hall–Kier alpha value is -1.47. The quantitative estimate of drug-likeness (QED) is 0.664. The predicted molar refractivity (Wildman–Crippen MR) is 71.9 cm³/mol. The van der Waals surface area contributed by atoms with Crippen LogP contribution in [0, 0.1) is 10.1 Å². The molecule has 0 bridgehead atoms. The summed E-state index contributed by atoms with van der Waals surface area (Å²) in [4.78, 5) is 24.0. The first kappa shape index (κ1) is 14.0. The number of carbonyl (C=O) groups excluding carboxylic acids is 1. The third-order valence-electron chi connectivity index (χ3n) is 3.02. The number of nitro benzene ring substituents is 1. The number of benzene rings is 1. The number of piperidine rings is 1. The number of non-ortho nitro benzene ring substituents is 1. The van der Waals surface area contributed by atoms with Crippen molar-refractivity contribution in [3.63, 3.8) is 0 Å². The molecule has 1 fully saturated rings. The van der Waals surface area contributed by atoms with Crippen LogP contribution in [0.1, 0.15) is 23.2 Å². The summed E-state index contributed by atoms with van der Waals surface area (Å²) in [5, 5.41) is 20.3. The molecule has 1 aliphatic rings. The van der Waals surface area contributed by atoms with E-state index in [0.717, 1.165) is 6.42 Å². The summed E-state index contributed by atoms with van der Waals surface area (Å²) >= 11 is 3.16. The van der Waals surface area contributed by atoms with Crippen molar-refractivity contribution in [1.82, 2.24) is 4.90 Å². The number of hydrogen-bond acceptors (Lipinski definition) is 4. The fraction of sp³-hybridized carbons (Fsp3) is 0.417. The van der Waals surface area contributed by atoms with Gasteiger partial charge in [0.25, 0.3) is 11.6 Å². The van der Waals surface area contributed by atoms with Gasteiger partial charge in [0.2, 0.25) is 0 Å². The lowest BCUT2D eigenvalue weighted by molar-refractivity contribution is -0.385. The minimum absolute atomic E-state index is 0.129. The van der Waals surface area contributed by atoms with Crippen LogP contribution in [0.15, 0.2) is 22.7 Å². The highest BCUT2D eigenvalue weighted by atomic mass is 79.9. The van der Waals surface area contributed by atoms with E-state index in [4.69, 9.17) is 0 Å². The monoisotopic (exact) mass is 328 g/mol. The van der Waals surface area contributed by atoms with Crippen molar-refractivity contribution < 1.29 is 14.8 Å². The highest BCUT2D eigenvalue weighted by Gasteiger charge is 2.24. The SMILES string of the molecule is O=C(c1cc(Br)cc([N+](=O)[O-])c1)N1CCCC(O)C1. The van der Waals surface area contributed by atoms with E-state index in [-0.39, 0.29) is 23.7 Å².